The van der Waals surface area contributed by atoms with Crippen LogP contribution in [0.15, 0.2) is 28.8 Å². The van der Waals surface area contributed by atoms with Gasteiger partial charge in [0.25, 0.3) is 5.91 Å². The third kappa shape index (κ3) is 3.30. The molecule has 5 nitrogen and oxygen atoms in total. The van der Waals surface area contributed by atoms with E-state index < -0.39 is 0 Å². The number of benzene rings is 1. The number of nitrogens with zero attached hydrogens (tertiary/aromatic N) is 2. The van der Waals surface area contributed by atoms with E-state index in [1.807, 2.05) is 24.3 Å². The van der Waals surface area contributed by atoms with Crippen LogP contribution < -0.4 is 10.2 Å². The van der Waals surface area contributed by atoms with Crippen molar-refractivity contribution in [1.29, 1.82) is 0 Å². The van der Waals surface area contributed by atoms with Crippen LogP contribution in [0.1, 0.15) is 49.0 Å². The van der Waals surface area contributed by atoms with E-state index in [2.05, 4.69) is 36.1 Å². The van der Waals surface area contributed by atoms with Crippen molar-refractivity contribution in [2.45, 2.75) is 40.0 Å². The lowest BCUT2D eigenvalue weighted by molar-refractivity contribution is 0.101. The number of rotatable bonds is 5. The van der Waals surface area contributed by atoms with E-state index in [-0.39, 0.29) is 5.91 Å². The Labute approximate surface area is 143 Å². The number of fused-ring (bicyclic) bond motifs is 1. The van der Waals surface area contributed by atoms with Crippen LogP contribution in [0.25, 0.3) is 0 Å². The molecule has 5 heteroatoms. The molecule has 0 saturated heterocycles. The Balaban J connectivity index is 1.73. The van der Waals surface area contributed by atoms with Gasteiger partial charge in [-0.05, 0) is 56.9 Å². The summed E-state index contributed by atoms with van der Waals surface area (Å²) in [6.07, 6.45) is 2.83. The fraction of sp³-hybridized carbons (Fsp3) is 0.474. The molecule has 0 fully saturated rings. The number of aryl methyl sites for hydroxylation is 1. The summed E-state index contributed by atoms with van der Waals surface area (Å²) in [6, 6.07) is 7.92. The van der Waals surface area contributed by atoms with E-state index in [1.54, 1.807) is 0 Å². The van der Waals surface area contributed by atoms with Gasteiger partial charge in [-0.3, -0.25) is 4.79 Å². The van der Waals surface area contributed by atoms with Crippen molar-refractivity contribution in [3.05, 3.63) is 41.3 Å². The molecular weight excluding hydrogens is 302 g/mol. The van der Waals surface area contributed by atoms with E-state index >= 15 is 0 Å². The summed E-state index contributed by atoms with van der Waals surface area (Å²) in [5.74, 6) is 1.25. The molecule has 1 atom stereocenters. The van der Waals surface area contributed by atoms with Crippen molar-refractivity contribution >= 4 is 17.3 Å². The zero-order chi connectivity index (χ0) is 17.1. The number of anilines is 2. The summed E-state index contributed by atoms with van der Waals surface area (Å²) >= 11 is 0. The van der Waals surface area contributed by atoms with Gasteiger partial charge in [0.2, 0.25) is 0 Å². The summed E-state index contributed by atoms with van der Waals surface area (Å²) in [5.41, 5.74) is 3.34. The maximum Gasteiger partial charge on any atom is 0.278 e. The molecule has 0 radical (unpaired) electrons. The summed E-state index contributed by atoms with van der Waals surface area (Å²) in [7, 11) is 0. The monoisotopic (exact) mass is 327 g/mol. The average molecular weight is 327 g/mol. The van der Waals surface area contributed by atoms with E-state index in [9.17, 15) is 4.79 Å². The van der Waals surface area contributed by atoms with Crippen molar-refractivity contribution in [1.82, 2.24) is 5.16 Å². The first-order chi connectivity index (χ1) is 11.6. The van der Waals surface area contributed by atoms with Gasteiger partial charge in [0.05, 0.1) is 0 Å². The number of aromatic nitrogens is 1. The zero-order valence-electron chi connectivity index (χ0n) is 14.6. The second-order valence-corrected chi connectivity index (χ2v) is 6.45. The lowest BCUT2D eigenvalue weighted by atomic mass is 9.88. The van der Waals surface area contributed by atoms with Crippen LogP contribution in [0.5, 0.6) is 0 Å². The minimum absolute atomic E-state index is 0.190. The predicted molar refractivity (Wildman–Crippen MR) is 95.6 cm³/mol. The molecule has 0 spiro atoms. The first-order valence-corrected chi connectivity index (χ1v) is 8.76. The van der Waals surface area contributed by atoms with Crippen LogP contribution in [0.2, 0.25) is 0 Å². The Hall–Kier alpha value is -2.30. The van der Waals surface area contributed by atoms with Crippen LogP contribution in [0.4, 0.5) is 11.4 Å². The second kappa shape index (κ2) is 7.07. The summed E-state index contributed by atoms with van der Waals surface area (Å²) in [5, 5.41) is 6.94. The maximum absolute atomic E-state index is 12.5. The molecule has 0 bridgehead atoms. The lowest BCUT2D eigenvalue weighted by Crippen LogP contribution is -2.21. The maximum atomic E-state index is 12.5. The van der Waals surface area contributed by atoms with Crippen molar-refractivity contribution < 1.29 is 9.32 Å². The van der Waals surface area contributed by atoms with Gasteiger partial charge < -0.3 is 14.7 Å². The van der Waals surface area contributed by atoms with Crippen LogP contribution >= 0.6 is 0 Å². The Morgan fingerprint density at radius 1 is 1.29 bits per heavy atom. The van der Waals surface area contributed by atoms with Gasteiger partial charge >= 0.3 is 0 Å². The van der Waals surface area contributed by atoms with Crippen molar-refractivity contribution in [3.8, 4) is 0 Å². The molecule has 3 rings (SSSR count). The first kappa shape index (κ1) is 16.6. The van der Waals surface area contributed by atoms with Gasteiger partial charge in [-0.25, -0.2) is 0 Å². The lowest BCUT2D eigenvalue weighted by Gasteiger charge is -2.21. The quantitative estimate of drug-likeness (QED) is 0.905. The second-order valence-electron chi connectivity index (χ2n) is 6.45. The van der Waals surface area contributed by atoms with Gasteiger partial charge in [0.15, 0.2) is 5.69 Å². The minimum atomic E-state index is -0.190. The van der Waals surface area contributed by atoms with E-state index in [4.69, 9.17) is 4.52 Å². The third-order valence-electron chi connectivity index (χ3n) is 4.76. The fourth-order valence-electron chi connectivity index (χ4n) is 3.29. The molecule has 0 saturated carbocycles. The number of carbonyl (C=O) groups excluding carboxylic acids is 1. The van der Waals surface area contributed by atoms with E-state index in [1.165, 1.54) is 0 Å². The van der Waals surface area contributed by atoms with Crippen molar-refractivity contribution in [2.24, 2.45) is 5.92 Å². The zero-order valence-corrected chi connectivity index (χ0v) is 14.6. The molecule has 2 aromatic rings. The van der Waals surface area contributed by atoms with Gasteiger partial charge in [0, 0.05) is 36.4 Å². The van der Waals surface area contributed by atoms with Crippen molar-refractivity contribution in [2.75, 3.05) is 23.3 Å². The molecule has 1 aliphatic carbocycles. The predicted octanol–water partition coefficient (Wildman–Crippen LogP) is 3.90. The fourth-order valence-corrected chi connectivity index (χ4v) is 3.29. The minimum Gasteiger partial charge on any atom is -0.372 e. The molecule has 0 unspecified atom stereocenters. The Morgan fingerprint density at radius 3 is 2.67 bits per heavy atom. The first-order valence-electron chi connectivity index (χ1n) is 8.76. The summed E-state index contributed by atoms with van der Waals surface area (Å²) in [6.45, 7) is 8.39. The average Bonchev–Trinajstić information content (AvgIpc) is 3.00. The Morgan fingerprint density at radius 2 is 2.00 bits per heavy atom. The Bertz CT molecular complexity index is 702. The SMILES string of the molecule is CCN(CC)c1ccc(NC(=O)c2noc3c2C[C@H](C)CC3)cc1. The molecule has 1 aromatic heterocycles. The molecule has 1 aliphatic rings. The van der Waals surface area contributed by atoms with Crippen LogP contribution in [0, 0.1) is 5.92 Å². The van der Waals surface area contributed by atoms with Gasteiger partial charge in [0.1, 0.15) is 5.76 Å². The number of nitrogens with one attached hydrogen (secondary N) is 1. The Kier molecular flexibility index (Phi) is 4.88. The number of carbonyl (C=O) groups is 1. The highest BCUT2D eigenvalue weighted by Gasteiger charge is 2.26. The normalized spacial score (nSPS) is 16.5. The largest absolute Gasteiger partial charge is 0.372 e. The van der Waals surface area contributed by atoms with Gasteiger partial charge in [-0.1, -0.05) is 12.1 Å². The summed E-state index contributed by atoms with van der Waals surface area (Å²) in [4.78, 5) is 14.8. The standard InChI is InChI=1S/C19H25N3O2/c1-4-22(5-2)15-9-7-14(8-10-15)20-19(23)18-16-12-13(3)6-11-17(16)24-21-18/h7-10,13H,4-6,11-12H2,1-3H3,(H,20,23)/t13-/m1/s1. The smallest absolute Gasteiger partial charge is 0.278 e. The highest BCUT2D eigenvalue weighted by atomic mass is 16.5. The van der Waals surface area contributed by atoms with Crippen LogP contribution in [-0.2, 0) is 12.8 Å². The van der Waals surface area contributed by atoms with Gasteiger partial charge in [-0.2, -0.15) is 0 Å². The van der Waals surface area contributed by atoms with Gasteiger partial charge in [-0.15, -0.1) is 0 Å². The van der Waals surface area contributed by atoms with E-state index in [0.29, 0.717) is 11.6 Å². The van der Waals surface area contributed by atoms with E-state index in [0.717, 1.165) is 55.1 Å². The molecule has 1 aromatic carbocycles. The third-order valence-corrected chi connectivity index (χ3v) is 4.76. The number of amides is 1. The summed E-state index contributed by atoms with van der Waals surface area (Å²) < 4.78 is 5.36. The molecule has 0 aliphatic heterocycles. The number of hydrogen-bond donors (Lipinski definition) is 1. The van der Waals surface area contributed by atoms with Crippen molar-refractivity contribution in [3.63, 3.8) is 0 Å². The van der Waals surface area contributed by atoms with Crippen LogP contribution in [-0.4, -0.2) is 24.2 Å². The molecule has 1 N–H and O–H groups in total. The topological polar surface area (TPSA) is 58.4 Å². The van der Waals surface area contributed by atoms with Crippen LogP contribution in [0.3, 0.4) is 0 Å². The highest BCUT2D eigenvalue weighted by Crippen LogP contribution is 2.28. The highest BCUT2D eigenvalue weighted by molar-refractivity contribution is 6.04. The molecule has 128 valence electrons. The molecule has 24 heavy (non-hydrogen) atoms. The molecule has 1 amide bonds. The number of hydrogen-bond acceptors (Lipinski definition) is 4. The molecule has 1 heterocycles. The molecular formula is C19H25N3O2.